The maximum absolute atomic E-state index is 13.4. The summed E-state index contributed by atoms with van der Waals surface area (Å²) in [6.45, 7) is 2.72. The number of benzene rings is 3. The van der Waals surface area contributed by atoms with Gasteiger partial charge in [-0.3, -0.25) is 0 Å². The number of nitrogens with one attached hydrogen (secondary N) is 2. The van der Waals surface area contributed by atoms with Crippen molar-refractivity contribution in [2.24, 2.45) is 0 Å². The molecule has 0 bridgehead atoms. The molecule has 0 aliphatic carbocycles. The summed E-state index contributed by atoms with van der Waals surface area (Å²) in [5.41, 5.74) is 6.56. The highest BCUT2D eigenvalue weighted by Crippen LogP contribution is 2.38. The number of hydrogen-bond acceptors (Lipinski definition) is 2. The van der Waals surface area contributed by atoms with E-state index in [1.807, 2.05) is 35.2 Å². The number of carbonyl (C=O) groups is 1. The van der Waals surface area contributed by atoms with Crippen molar-refractivity contribution in [3.05, 3.63) is 95.2 Å². The van der Waals surface area contributed by atoms with Gasteiger partial charge in [-0.15, -0.1) is 0 Å². The second-order valence-corrected chi connectivity index (χ2v) is 7.98. The zero-order chi connectivity index (χ0) is 21.4. The van der Waals surface area contributed by atoms with Gasteiger partial charge in [0.2, 0.25) is 0 Å². The molecule has 0 unspecified atom stereocenters. The number of anilines is 1. The Bertz CT molecular complexity index is 1230. The van der Waals surface area contributed by atoms with Crippen LogP contribution in [0.15, 0.2) is 72.8 Å². The lowest BCUT2D eigenvalue weighted by Gasteiger charge is -2.36. The molecule has 5 heteroatoms. The smallest absolute Gasteiger partial charge is 0.322 e. The predicted molar refractivity (Wildman–Crippen MR) is 124 cm³/mol. The molecule has 3 aromatic carbocycles. The molecule has 4 aromatic rings. The summed E-state index contributed by atoms with van der Waals surface area (Å²) in [4.78, 5) is 18.9. The van der Waals surface area contributed by atoms with Gasteiger partial charge in [-0.05, 0) is 54.8 Å². The number of nitrogens with zero attached hydrogens (tertiary/aromatic N) is 1. The lowest BCUT2D eigenvalue weighted by atomic mass is 9.92. The standard InChI is InChI=1S/C26H25N3O2/c1-17-7-9-18(10-8-17)25-24-22(21-5-3-4-6-23(21)28-24)15-16-29(25)26(30)27-19-11-13-20(31-2)14-12-19/h3-14,25,28H,15-16H2,1-2H3,(H,27,30)/t25-/m0/s1. The fourth-order valence-corrected chi connectivity index (χ4v) is 4.42. The van der Waals surface area contributed by atoms with Crippen molar-refractivity contribution in [2.45, 2.75) is 19.4 Å². The van der Waals surface area contributed by atoms with Gasteiger partial charge in [-0.1, -0.05) is 48.0 Å². The van der Waals surface area contributed by atoms with Crippen LogP contribution in [-0.2, 0) is 6.42 Å². The van der Waals surface area contributed by atoms with Gasteiger partial charge in [-0.25, -0.2) is 4.79 Å². The van der Waals surface area contributed by atoms with E-state index in [0.717, 1.165) is 34.6 Å². The first-order chi connectivity index (χ1) is 15.1. The predicted octanol–water partition coefficient (Wildman–Crippen LogP) is 5.66. The third kappa shape index (κ3) is 3.52. The number of para-hydroxylation sites is 1. The molecule has 1 aromatic heterocycles. The molecule has 0 spiro atoms. The summed E-state index contributed by atoms with van der Waals surface area (Å²) < 4.78 is 5.22. The van der Waals surface area contributed by atoms with E-state index < -0.39 is 0 Å². The number of hydrogen-bond donors (Lipinski definition) is 2. The van der Waals surface area contributed by atoms with Crippen LogP contribution in [0.3, 0.4) is 0 Å². The molecule has 0 saturated heterocycles. The van der Waals surface area contributed by atoms with Crippen LogP contribution < -0.4 is 10.1 Å². The lowest BCUT2D eigenvalue weighted by molar-refractivity contribution is 0.193. The van der Waals surface area contributed by atoms with Gasteiger partial charge >= 0.3 is 6.03 Å². The number of H-pyrrole nitrogens is 1. The van der Waals surface area contributed by atoms with Crippen molar-refractivity contribution in [1.82, 2.24) is 9.88 Å². The average Bonchev–Trinajstić information content (AvgIpc) is 3.18. The highest BCUT2D eigenvalue weighted by molar-refractivity contribution is 5.91. The highest BCUT2D eigenvalue weighted by atomic mass is 16.5. The Morgan fingerprint density at radius 2 is 1.77 bits per heavy atom. The van der Waals surface area contributed by atoms with Gasteiger partial charge in [0.1, 0.15) is 5.75 Å². The Morgan fingerprint density at radius 3 is 2.52 bits per heavy atom. The minimum Gasteiger partial charge on any atom is -0.497 e. The molecule has 0 saturated carbocycles. The molecular weight excluding hydrogens is 386 g/mol. The number of urea groups is 1. The van der Waals surface area contributed by atoms with E-state index in [1.165, 1.54) is 16.5 Å². The van der Waals surface area contributed by atoms with E-state index in [2.05, 4.69) is 59.7 Å². The quantitative estimate of drug-likeness (QED) is 0.457. The van der Waals surface area contributed by atoms with Gasteiger partial charge in [-0.2, -0.15) is 0 Å². The average molecular weight is 412 g/mol. The van der Waals surface area contributed by atoms with Crippen molar-refractivity contribution in [2.75, 3.05) is 19.0 Å². The Hall–Kier alpha value is -3.73. The van der Waals surface area contributed by atoms with Crippen LogP contribution in [0.4, 0.5) is 10.5 Å². The van der Waals surface area contributed by atoms with Gasteiger partial charge in [0, 0.05) is 28.8 Å². The maximum Gasteiger partial charge on any atom is 0.322 e. The van der Waals surface area contributed by atoms with E-state index in [4.69, 9.17) is 4.74 Å². The zero-order valence-electron chi connectivity index (χ0n) is 17.7. The van der Waals surface area contributed by atoms with Crippen LogP contribution in [0.2, 0.25) is 0 Å². The fraction of sp³-hybridized carbons (Fsp3) is 0.192. The highest BCUT2D eigenvalue weighted by Gasteiger charge is 2.34. The Morgan fingerprint density at radius 1 is 1.03 bits per heavy atom. The van der Waals surface area contributed by atoms with Gasteiger partial charge < -0.3 is 19.9 Å². The fourth-order valence-electron chi connectivity index (χ4n) is 4.42. The Balaban J connectivity index is 1.53. The minimum absolute atomic E-state index is 0.111. The second kappa shape index (κ2) is 7.84. The van der Waals surface area contributed by atoms with Gasteiger partial charge in [0.05, 0.1) is 13.2 Å². The number of fused-ring (bicyclic) bond motifs is 3. The van der Waals surface area contributed by atoms with Gasteiger partial charge in [0.25, 0.3) is 0 Å². The molecule has 1 aliphatic rings. The number of aromatic nitrogens is 1. The molecule has 2 heterocycles. The number of aromatic amines is 1. The largest absolute Gasteiger partial charge is 0.497 e. The first-order valence-electron chi connectivity index (χ1n) is 10.5. The number of carbonyl (C=O) groups excluding carboxylic acids is 1. The summed E-state index contributed by atoms with van der Waals surface area (Å²) in [6, 6.07) is 23.9. The summed E-state index contributed by atoms with van der Waals surface area (Å²) in [5.74, 6) is 0.760. The third-order valence-electron chi connectivity index (χ3n) is 6.03. The van der Waals surface area contributed by atoms with Crippen molar-refractivity contribution in [3.8, 4) is 5.75 Å². The normalized spacial score (nSPS) is 15.5. The Kier molecular flexibility index (Phi) is 4.86. The molecule has 0 fully saturated rings. The van der Waals surface area contributed by atoms with Crippen LogP contribution >= 0.6 is 0 Å². The van der Waals surface area contributed by atoms with Crippen LogP contribution in [0.1, 0.15) is 28.4 Å². The second-order valence-electron chi connectivity index (χ2n) is 7.98. The topological polar surface area (TPSA) is 57.4 Å². The summed E-state index contributed by atoms with van der Waals surface area (Å²) in [5, 5.41) is 4.30. The van der Waals surface area contributed by atoms with Crippen LogP contribution in [-0.4, -0.2) is 29.6 Å². The van der Waals surface area contributed by atoms with Crippen LogP contribution in [0, 0.1) is 6.92 Å². The maximum atomic E-state index is 13.4. The van der Waals surface area contributed by atoms with Crippen molar-refractivity contribution in [3.63, 3.8) is 0 Å². The molecule has 1 atom stereocenters. The third-order valence-corrected chi connectivity index (χ3v) is 6.03. The molecule has 2 amide bonds. The summed E-state index contributed by atoms with van der Waals surface area (Å²) >= 11 is 0. The molecule has 156 valence electrons. The van der Waals surface area contributed by atoms with E-state index in [1.54, 1.807) is 7.11 Å². The molecular formula is C26H25N3O2. The molecule has 5 rings (SSSR count). The van der Waals surface area contributed by atoms with E-state index >= 15 is 0 Å². The first-order valence-corrected chi connectivity index (χ1v) is 10.5. The zero-order valence-corrected chi connectivity index (χ0v) is 17.7. The van der Waals surface area contributed by atoms with Crippen molar-refractivity contribution < 1.29 is 9.53 Å². The van der Waals surface area contributed by atoms with E-state index in [-0.39, 0.29) is 12.1 Å². The number of rotatable bonds is 3. The number of aryl methyl sites for hydroxylation is 1. The van der Waals surface area contributed by atoms with Gasteiger partial charge in [0.15, 0.2) is 0 Å². The van der Waals surface area contributed by atoms with Crippen LogP contribution in [0.25, 0.3) is 10.9 Å². The van der Waals surface area contributed by atoms with Crippen molar-refractivity contribution in [1.29, 1.82) is 0 Å². The molecule has 31 heavy (non-hydrogen) atoms. The van der Waals surface area contributed by atoms with Crippen molar-refractivity contribution >= 4 is 22.6 Å². The monoisotopic (exact) mass is 411 g/mol. The van der Waals surface area contributed by atoms with Crippen LogP contribution in [0.5, 0.6) is 5.75 Å². The first kappa shape index (κ1) is 19.2. The summed E-state index contributed by atoms with van der Waals surface area (Å²) in [6.07, 6.45) is 0.817. The number of methoxy groups -OCH3 is 1. The Labute approximate surface area is 181 Å². The van der Waals surface area contributed by atoms with E-state index in [9.17, 15) is 4.79 Å². The number of amides is 2. The minimum atomic E-state index is -0.171. The molecule has 1 aliphatic heterocycles. The lowest BCUT2D eigenvalue weighted by Crippen LogP contribution is -2.43. The molecule has 5 nitrogen and oxygen atoms in total. The molecule has 2 N–H and O–H groups in total. The summed E-state index contributed by atoms with van der Waals surface area (Å²) in [7, 11) is 1.63. The SMILES string of the molecule is COc1ccc(NC(=O)N2CCc3c([nH]c4ccccc34)[C@@H]2c2ccc(C)cc2)cc1. The van der Waals surface area contributed by atoms with E-state index in [0.29, 0.717) is 6.54 Å². The molecule has 0 radical (unpaired) electrons. The number of ether oxygens (including phenoxy) is 1.